The Morgan fingerprint density at radius 1 is 0.697 bits per heavy atom. The van der Waals surface area contributed by atoms with Crippen molar-refractivity contribution in [3.63, 3.8) is 0 Å². The van der Waals surface area contributed by atoms with Crippen LogP contribution < -0.4 is 0 Å². The largest absolute Gasteiger partial charge is 0.478 e. The molecule has 1 rings (SSSR count). The minimum absolute atomic E-state index is 0.0587. The van der Waals surface area contributed by atoms with E-state index in [9.17, 15) is 19.5 Å². The van der Waals surface area contributed by atoms with Gasteiger partial charge >= 0.3 is 17.9 Å². The summed E-state index contributed by atoms with van der Waals surface area (Å²) in [5.74, 6) is -1.40. The van der Waals surface area contributed by atoms with Crippen LogP contribution in [0.5, 0.6) is 0 Å². The fraction of sp³-hybridized carbons (Fsp3) is 0.667. The van der Waals surface area contributed by atoms with Crippen molar-refractivity contribution in [3.05, 3.63) is 34.9 Å². The Labute approximate surface area is 199 Å². The summed E-state index contributed by atoms with van der Waals surface area (Å²) in [6.45, 7) is 9.21. The second-order valence-corrected chi connectivity index (χ2v) is 9.50. The number of unbranched alkanes of at least 4 members (excludes halogenated alkanes) is 6. The molecule has 0 saturated heterocycles. The van der Waals surface area contributed by atoms with Crippen LogP contribution in [0.4, 0.5) is 0 Å². The first-order chi connectivity index (χ1) is 15.7. The molecule has 0 aliphatic heterocycles. The minimum Gasteiger partial charge on any atom is -0.478 e. The van der Waals surface area contributed by atoms with Crippen LogP contribution in [-0.2, 0) is 9.47 Å². The fourth-order valence-electron chi connectivity index (χ4n) is 3.62. The van der Waals surface area contributed by atoms with E-state index >= 15 is 0 Å². The molecule has 0 amide bonds. The second-order valence-electron chi connectivity index (χ2n) is 9.50. The first-order valence-electron chi connectivity index (χ1n) is 12.4. The predicted molar refractivity (Wildman–Crippen MR) is 130 cm³/mol. The Kier molecular flexibility index (Phi) is 14.1. The van der Waals surface area contributed by atoms with Crippen molar-refractivity contribution in [2.75, 3.05) is 13.2 Å². The van der Waals surface area contributed by atoms with Crippen LogP contribution in [0.2, 0.25) is 0 Å². The molecule has 0 radical (unpaired) electrons. The molecule has 0 atom stereocenters. The van der Waals surface area contributed by atoms with Crippen LogP contribution in [-0.4, -0.2) is 36.2 Å². The highest BCUT2D eigenvalue weighted by molar-refractivity contribution is 6.10. The van der Waals surface area contributed by atoms with Gasteiger partial charge in [0.15, 0.2) is 0 Å². The Balaban J connectivity index is 2.61. The van der Waals surface area contributed by atoms with E-state index in [2.05, 4.69) is 27.7 Å². The van der Waals surface area contributed by atoms with Crippen molar-refractivity contribution in [2.24, 2.45) is 11.8 Å². The van der Waals surface area contributed by atoms with Gasteiger partial charge in [-0.1, -0.05) is 85.1 Å². The zero-order chi connectivity index (χ0) is 24.6. The number of carbonyl (C=O) groups is 3. The maximum Gasteiger partial charge on any atom is 0.339 e. The number of carboxylic acid groups (broad SMARTS) is 1. The summed E-state index contributed by atoms with van der Waals surface area (Å²) in [6.07, 6.45) is 10.1. The van der Waals surface area contributed by atoms with Crippen molar-refractivity contribution < 1.29 is 29.0 Å². The molecule has 0 heterocycles. The molecule has 1 aromatic rings. The van der Waals surface area contributed by atoms with E-state index in [1.54, 1.807) is 0 Å². The zero-order valence-corrected chi connectivity index (χ0v) is 20.9. The number of carboxylic acids is 1. The molecule has 6 nitrogen and oxygen atoms in total. The lowest BCUT2D eigenvalue weighted by Crippen LogP contribution is -2.19. The van der Waals surface area contributed by atoms with Crippen LogP contribution in [0.25, 0.3) is 0 Å². The smallest absolute Gasteiger partial charge is 0.339 e. The molecular weight excluding hydrogens is 420 g/mol. The van der Waals surface area contributed by atoms with Gasteiger partial charge in [-0.3, -0.25) is 0 Å². The number of benzene rings is 1. The van der Waals surface area contributed by atoms with Gasteiger partial charge in [0, 0.05) is 0 Å². The molecule has 0 unspecified atom stereocenters. The average Bonchev–Trinajstić information content (AvgIpc) is 2.76. The highest BCUT2D eigenvalue weighted by atomic mass is 16.5. The lowest BCUT2D eigenvalue weighted by atomic mass is 10.0. The van der Waals surface area contributed by atoms with Gasteiger partial charge in [0.25, 0.3) is 0 Å². The summed E-state index contributed by atoms with van der Waals surface area (Å²) in [6, 6.07) is 4.16. The summed E-state index contributed by atoms with van der Waals surface area (Å²) in [4.78, 5) is 36.9. The van der Waals surface area contributed by atoms with E-state index in [-0.39, 0.29) is 29.9 Å². The Morgan fingerprint density at radius 2 is 1.15 bits per heavy atom. The van der Waals surface area contributed by atoms with Gasteiger partial charge in [0.05, 0.1) is 29.9 Å². The van der Waals surface area contributed by atoms with Crippen molar-refractivity contribution in [1.29, 1.82) is 0 Å². The first-order valence-corrected chi connectivity index (χ1v) is 12.4. The Morgan fingerprint density at radius 3 is 1.64 bits per heavy atom. The van der Waals surface area contributed by atoms with Crippen molar-refractivity contribution in [1.82, 2.24) is 0 Å². The lowest BCUT2D eigenvalue weighted by Gasteiger charge is -2.12. The summed E-state index contributed by atoms with van der Waals surface area (Å²) in [7, 11) is 0. The summed E-state index contributed by atoms with van der Waals surface area (Å²) in [5, 5.41) is 9.51. The third-order valence-corrected chi connectivity index (χ3v) is 5.54. The lowest BCUT2D eigenvalue weighted by molar-refractivity contribution is 0.0445. The zero-order valence-electron chi connectivity index (χ0n) is 20.9. The van der Waals surface area contributed by atoms with E-state index < -0.39 is 17.9 Å². The number of carbonyl (C=O) groups excluding carboxylic acids is 2. The van der Waals surface area contributed by atoms with Crippen molar-refractivity contribution >= 4 is 17.9 Å². The SMILES string of the molecule is CC(C)CCCCCCOC(=O)c1cccc(C(=O)O)c1C(=O)OCCCCCCC(C)C. The van der Waals surface area contributed by atoms with Gasteiger partial charge in [0.2, 0.25) is 0 Å². The molecule has 33 heavy (non-hydrogen) atoms. The third kappa shape index (κ3) is 11.9. The highest BCUT2D eigenvalue weighted by Crippen LogP contribution is 2.19. The first kappa shape index (κ1) is 28.7. The molecule has 1 N–H and O–H groups in total. The van der Waals surface area contributed by atoms with E-state index in [0.29, 0.717) is 18.3 Å². The van der Waals surface area contributed by atoms with Gasteiger partial charge in [-0.25, -0.2) is 14.4 Å². The molecule has 0 aliphatic carbocycles. The Bertz CT molecular complexity index is 738. The molecule has 0 aromatic heterocycles. The van der Waals surface area contributed by atoms with E-state index in [0.717, 1.165) is 44.9 Å². The fourth-order valence-corrected chi connectivity index (χ4v) is 3.62. The molecule has 0 fully saturated rings. The highest BCUT2D eigenvalue weighted by Gasteiger charge is 2.26. The summed E-state index contributed by atoms with van der Waals surface area (Å²) < 4.78 is 10.6. The molecule has 0 bridgehead atoms. The number of ether oxygens (including phenoxy) is 2. The maximum atomic E-state index is 12.7. The van der Waals surface area contributed by atoms with Crippen LogP contribution in [0.3, 0.4) is 0 Å². The number of esters is 2. The number of rotatable bonds is 17. The van der Waals surface area contributed by atoms with Crippen LogP contribution >= 0.6 is 0 Å². The average molecular weight is 463 g/mol. The van der Waals surface area contributed by atoms with Gasteiger partial charge in [0.1, 0.15) is 0 Å². The molecule has 6 heteroatoms. The second kappa shape index (κ2) is 16.3. The van der Waals surface area contributed by atoms with Crippen LogP contribution in [0.15, 0.2) is 18.2 Å². The molecular formula is C27H42O6. The third-order valence-electron chi connectivity index (χ3n) is 5.54. The molecule has 1 aromatic carbocycles. The maximum absolute atomic E-state index is 12.7. The standard InChI is InChI=1S/C27H42O6/c1-20(2)14-9-5-7-11-18-32-26(30)23-17-13-16-22(25(28)29)24(23)27(31)33-19-12-8-6-10-15-21(3)4/h13,16-17,20-21H,5-12,14-15,18-19H2,1-4H3,(H,28,29). The number of hydrogen-bond donors (Lipinski definition) is 1. The Hall–Kier alpha value is -2.37. The number of hydrogen-bond acceptors (Lipinski definition) is 5. The van der Waals surface area contributed by atoms with Gasteiger partial charge in [-0.2, -0.15) is 0 Å². The van der Waals surface area contributed by atoms with E-state index in [4.69, 9.17) is 9.47 Å². The van der Waals surface area contributed by atoms with Crippen LogP contribution in [0, 0.1) is 11.8 Å². The molecule has 186 valence electrons. The van der Waals surface area contributed by atoms with Gasteiger partial charge < -0.3 is 14.6 Å². The van der Waals surface area contributed by atoms with Gasteiger partial charge in [-0.05, 0) is 36.8 Å². The van der Waals surface area contributed by atoms with Crippen LogP contribution in [0.1, 0.15) is 123 Å². The van der Waals surface area contributed by atoms with E-state index in [1.165, 1.54) is 31.0 Å². The molecule has 0 saturated carbocycles. The summed E-state index contributed by atoms with van der Waals surface area (Å²) in [5.41, 5.74) is -0.538. The summed E-state index contributed by atoms with van der Waals surface area (Å²) >= 11 is 0. The predicted octanol–water partition coefficient (Wildman–Crippen LogP) is 6.91. The van der Waals surface area contributed by atoms with Crippen molar-refractivity contribution in [3.8, 4) is 0 Å². The molecule has 0 spiro atoms. The quantitative estimate of drug-likeness (QED) is 0.200. The monoisotopic (exact) mass is 462 g/mol. The number of aromatic carboxylic acids is 1. The van der Waals surface area contributed by atoms with E-state index in [1.807, 2.05) is 0 Å². The normalized spacial score (nSPS) is 11.1. The molecule has 0 aliphatic rings. The van der Waals surface area contributed by atoms with Gasteiger partial charge in [-0.15, -0.1) is 0 Å². The van der Waals surface area contributed by atoms with Crippen molar-refractivity contribution in [2.45, 2.75) is 91.9 Å². The topological polar surface area (TPSA) is 89.9 Å². The minimum atomic E-state index is -1.28.